The lowest BCUT2D eigenvalue weighted by Gasteiger charge is -2.08. The zero-order chi connectivity index (χ0) is 16.7. The molecule has 0 aliphatic heterocycles. The van der Waals surface area contributed by atoms with Crippen LogP contribution in [0.4, 0.5) is 11.4 Å². The zero-order valence-corrected chi connectivity index (χ0v) is 13.3. The van der Waals surface area contributed by atoms with Crippen LogP contribution >= 0.6 is 0 Å². The van der Waals surface area contributed by atoms with Crippen LogP contribution in [-0.2, 0) is 11.2 Å². The van der Waals surface area contributed by atoms with Gasteiger partial charge < -0.3 is 10.6 Å². The van der Waals surface area contributed by atoms with Crippen LogP contribution in [0.5, 0.6) is 0 Å². The highest BCUT2D eigenvalue weighted by atomic mass is 16.1. The van der Waals surface area contributed by atoms with E-state index in [0.29, 0.717) is 5.69 Å². The summed E-state index contributed by atoms with van der Waals surface area (Å²) in [6, 6.07) is 17.2. The van der Waals surface area contributed by atoms with Gasteiger partial charge in [-0.3, -0.25) is 4.79 Å². The third-order valence-corrected chi connectivity index (χ3v) is 3.41. The maximum Gasteiger partial charge on any atom is 0.267 e. The van der Waals surface area contributed by atoms with Crippen molar-refractivity contribution in [3.05, 3.63) is 71.4 Å². The number of nitrogens with one attached hydrogen (secondary N) is 2. The van der Waals surface area contributed by atoms with E-state index in [1.165, 1.54) is 6.20 Å². The molecule has 116 valence electrons. The van der Waals surface area contributed by atoms with Crippen molar-refractivity contribution < 1.29 is 4.79 Å². The smallest absolute Gasteiger partial charge is 0.267 e. The van der Waals surface area contributed by atoms with Crippen molar-refractivity contribution in [2.24, 2.45) is 0 Å². The number of para-hydroxylation sites is 1. The van der Waals surface area contributed by atoms with Crippen molar-refractivity contribution in [3.8, 4) is 6.07 Å². The number of rotatable bonds is 5. The molecule has 1 amide bonds. The van der Waals surface area contributed by atoms with Crippen molar-refractivity contribution >= 4 is 17.3 Å². The van der Waals surface area contributed by atoms with Gasteiger partial charge >= 0.3 is 0 Å². The van der Waals surface area contributed by atoms with E-state index >= 15 is 0 Å². The van der Waals surface area contributed by atoms with E-state index in [1.807, 2.05) is 55.5 Å². The Kier molecular flexibility index (Phi) is 5.54. The first-order chi connectivity index (χ1) is 11.1. The summed E-state index contributed by atoms with van der Waals surface area (Å²) in [4.78, 5) is 12.2. The number of nitriles is 1. The Bertz CT molecular complexity index is 772. The highest BCUT2D eigenvalue weighted by molar-refractivity contribution is 6.06. The summed E-state index contributed by atoms with van der Waals surface area (Å²) in [6.45, 7) is 4.00. The molecule has 0 radical (unpaired) electrons. The second-order valence-electron chi connectivity index (χ2n) is 5.15. The number of hydrogen-bond donors (Lipinski definition) is 2. The second-order valence-corrected chi connectivity index (χ2v) is 5.15. The highest BCUT2D eigenvalue weighted by Gasteiger charge is 2.09. The highest BCUT2D eigenvalue weighted by Crippen LogP contribution is 2.16. The summed E-state index contributed by atoms with van der Waals surface area (Å²) in [7, 11) is 0. The first kappa shape index (κ1) is 16.3. The molecular weight excluding hydrogens is 286 g/mol. The average molecular weight is 305 g/mol. The monoisotopic (exact) mass is 305 g/mol. The van der Waals surface area contributed by atoms with Crippen molar-refractivity contribution in [3.63, 3.8) is 0 Å². The molecule has 0 aliphatic rings. The molecule has 0 fully saturated rings. The molecule has 0 atom stereocenters. The summed E-state index contributed by atoms with van der Waals surface area (Å²) in [5.74, 6) is -0.431. The minimum atomic E-state index is -0.431. The molecule has 4 nitrogen and oxygen atoms in total. The molecule has 2 N–H and O–H groups in total. The first-order valence-corrected chi connectivity index (χ1v) is 7.46. The summed E-state index contributed by atoms with van der Waals surface area (Å²) < 4.78 is 0. The van der Waals surface area contributed by atoms with Crippen LogP contribution in [0.3, 0.4) is 0 Å². The van der Waals surface area contributed by atoms with Crippen LogP contribution in [0.1, 0.15) is 18.1 Å². The van der Waals surface area contributed by atoms with Crippen LogP contribution in [0.15, 0.2) is 60.3 Å². The van der Waals surface area contributed by atoms with Gasteiger partial charge in [-0.05, 0) is 42.7 Å². The van der Waals surface area contributed by atoms with Crippen molar-refractivity contribution in [2.75, 3.05) is 10.6 Å². The van der Waals surface area contributed by atoms with E-state index in [4.69, 9.17) is 0 Å². The Morgan fingerprint density at radius 2 is 2.00 bits per heavy atom. The van der Waals surface area contributed by atoms with Crippen LogP contribution in [0.2, 0.25) is 0 Å². The van der Waals surface area contributed by atoms with Crippen LogP contribution in [0.25, 0.3) is 0 Å². The van der Waals surface area contributed by atoms with E-state index in [9.17, 15) is 10.1 Å². The summed E-state index contributed by atoms with van der Waals surface area (Å²) in [6.07, 6.45) is 2.31. The molecule has 23 heavy (non-hydrogen) atoms. The largest absolute Gasteiger partial charge is 0.360 e. The fourth-order valence-corrected chi connectivity index (χ4v) is 2.19. The molecule has 2 aromatic carbocycles. The van der Waals surface area contributed by atoms with Gasteiger partial charge in [-0.25, -0.2) is 0 Å². The number of carbonyl (C=O) groups excluding carboxylic acids is 1. The van der Waals surface area contributed by atoms with Crippen LogP contribution in [-0.4, -0.2) is 5.91 Å². The fourth-order valence-electron chi connectivity index (χ4n) is 2.19. The molecule has 0 aromatic heterocycles. The number of aryl methyl sites for hydroxylation is 2. The Morgan fingerprint density at radius 1 is 1.22 bits per heavy atom. The zero-order valence-electron chi connectivity index (χ0n) is 13.3. The normalized spacial score (nSPS) is 10.7. The SMILES string of the molecule is CCc1ccccc1N/C=C(/C#N)C(=O)Nc1cccc(C)c1. The van der Waals surface area contributed by atoms with Gasteiger partial charge in [0.1, 0.15) is 11.6 Å². The number of nitrogens with zero attached hydrogens (tertiary/aromatic N) is 1. The first-order valence-electron chi connectivity index (χ1n) is 7.46. The quantitative estimate of drug-likeness (QED) is 0.648. The van der Waals surface area contributed by atoms with Gasteiger partial charge in [-0.1, -0.05) is 37.3 Å². The van der Waals surface area contributed by atoms with Gasteiger partial charge in [0.2, 0.25) is 0 Å². The van der Waals surface area contributed by atoms with E-state index < -0.39 is 5.91 Å². The number of benzene rings is 2. The molecule has 0 saturated heterocycles. The Balaban J connectivity index is 2.12. The Morgan fingerprint density at radius 3 is 2.70 bits per heavy atom. The number of hydrogen-bond acceptors (Lipinski definition) is 3. The topological polar surface area (TPSA) is 64.9 Å². The summed E-state index contributed by atoms with van der Waals surface area (Å²) in [5.41, 5.74) is 3.76. The molecule has 0 heterocycles. The van der Waals surface area contributed by atoms with Gasteiger partial charge in [-0.2, -0.15) is 5.26 Å². The van der Waals surface area contributed by atoms with Gasteiger partial charge in [-0.15, -0.1) is 0 Å². The van der Waals surface area contributed by atoms with Crippen molar-refractivity contribution in [1.82, 2.24) is 0 Å². The molecule has 0 bridgehead atoms. The second kappa shape index (κ2) is 7.81. The van der Waals surface area contributed by atoms with Crippen LogP contribution < -0.4 is 10.6 Å². The number of amides is 1. The number of anilines is 2. The van der Waals surface area contributed by atoms with Crippen LogP contribution in [0, 0.1) is 18.3 Å². The lowest BCUT2D eigenvalue weighted by Crippen LogP contribution is -2.14. The lowest BCUT2D eigenvalue weighted by atomic mass is 10.1. The number of carbonyl (C=O) groups is 1. The minimum absolute atomic E-state index is 0.0254. The molecule has 2 rings (SSSR count). The third-order valence-electron chi connectivity index (χ3n) is 3.41. The maximum absolute atomic E-state index is 12.2. The van der Waals surface area contributed by atoms with Crippen molar-refractivity contribution in [1.29, 1.82) is 5.26 Å². The fraction of sp³-hybridized carbons (Fsp3) is 0.158. The average Bonchev–Trinajstić information content (AvgIpc) is 2.55. The Labute approximate surface area is 136 Å². The molecule has 0 spiro atoms. The summed E-state index contributed by atoms with van der Waals surface area (Å²) >= 11 is 0. The summed E-state index contributed by atoms with van der Waals surface area (Å²) in [5, 5.41) is 15.0. The molecule has 2 aromatic rings. The standard InChI is InChI=1S/C19H19N3O/c1-3-15-8-4-5-10-18(15)21-13-16(12-20)19(23)22-17-9-6-7-14(2)11-17/h4-11,13,21H,3H2,1-2H3,(H,22,23)/b16-13-. The van der Waals surface area contributed by atoms with E-state index in [2.05, 4.69) is 17.6 Å². The van der Waals surface area contributed by atoms with E-state index in [0.717, 1.165) is 23.2 Å². The van der Waals surface area contributed by atoms with Gasteiger partial charge in [0.15, 0.2) is 0 Å². The molecule has 4 heteroatoms. The predicted octanol–water partition coefficient (Wildman–Crippen LogP) is 4.02. The third kappa shape index (κ3) is 4.45. The predicted molar refractivity (Wildman–Crippen MR) is 92.9 cm³/mol. The van der Waals surface area contributed by atoms with Crippen molar-refractivity contribution in [2.45, 2.75) is 20.3 Å². The molecule has 0 saturated carbocycles. The van der Waals surface area contributed by atoms with Gasteiger partial charge in [0, 0.05) is 17.6 Å². The van der Waals surface area contributed by atoms with Gasteiger partial charge in [0.05, 0.1) is 0 Å². The Hall–Kier alpha value is -3.06. The molecular formula is C19H19N3O. The van der Waals surface area contributed by atoms with E-state index in [-0.39, 0.29) is 5.57 Å². The minimum Gasteiger partial charge on any atom is -0.360 e. The maximum atomic E-state index is 12.2. The molecule has 0 aliphatic carbocycles. The molecule has 0 unspecified atom stereocenters. The lowest BCUT2D eigenvalue weighted by molar-refractivity contribution is -0.112. The van der Waals surface area contributed by atoms with E-state index in [1.54, 1.807) is 6.07 Å². The van der Waals surface area contributed by atoms with Gasteiger partial charge in [0.25, 0.3) is 5.91 Å².